The molecule has 7 heteroatoms. The van der Waals surface area contributed by atoms with Gasteiger partial charge in [-0.15, -0.1) is 6.58 Å². The van der Waals surface area contributed by atoms with Crippen LogP contribution in [0.3, 0.4) is 0 Å². The number of rotatable bonds is 6. The molecule has 3 rings (SSSR count). The molecule has 150 valence electrons. The lowest BCUT2D eigenvalue weighted by Gasteiger charge is -2.30. The summed E-state index contributed by atoms with van der Waals surface area (Å²) in [6.45, 7) is 8.11. The zero-order valence-corrected chi connectivity index (χ0v) is 17.9. The van der Waals surface area contributed by atoms with Crippen molar-refractivity contribution in [2.45, 2.75) is 62.5 Å². The van der Waals surface area contributed by atoms with Gasteiger partial charge in [-0.3, -0.25) is 14.2 Å². The van der Waals surface area contributed by atoms with Crippen molar-refractivity contribution in [3.63, 3.8) is 0 Å². The predicted octanol–water partition coefficient (Wildman–Crippen LogP) is 4.41. The monoisotopic (exact) mass is 419 g/mol. The Labute approximate surface area is 174 Å². The first-order valence-corrected chi connectivity index (χ1v) is 10.9. The van der Waals surface area contributed by atoms with Crippen molar-refractivity contribution in [3.05, 3.63) is 46.2 Å². The third kappa shape index (κ3) is 4.61. The van der Waals surface area contributed by atoms with Crippen molar-refractivity contribution < 1.29 is 4.79 Å². The average molecular weight is 420 g/mol. The molecular formula is C21H26ClN3O2S. The number of carbonyl (C=O) groups is 1. The minimum Gasteiger partial charge on any atom is -0.352 e. The highest BCUT2D eigenvalue weighted by molar-refractivity contribution is 8.00. The van der Waals surface area contributed by atoms with Gasteiger partial charge in [-0.05, 0) is 43.9 Å². The van der Waals surface area contributed by atoms with Crippen LogP contribution in [-0.4, -0.2) is 26.8 Å². The van der Waals surface area contributed by atoms with Crippen LogP contribution in [0.25, 0.3) is 10.9 Å². The van der Waals surface area contributed by atoms with Gasteiger partial charge in [-0.2, -0.15) is 0 Å². The highest BCUT2D eigenvalue weighted by Gasteiger charge is 2.26. The van der Waals surface area contributed by atoms with Crippen LogP contribution in [-0.2, 0) is 11.3 Å². The van der Waals surface area contributed by atoms with E-state index in [0.717, 1.165) is 19.3 Å². The standard InChI is InChI=1S/C21H26ClN3O2S/c1-4-11-25-20(27)16-10-9-15(22)12-18(16)24-21(25)28-14(3)19(26)23-17-8-6-5-7-13(17)2/h4,9-10,12-14,17H,1,5-8,11H2,2-3H3,(H,23,26). The van der Waals surface area contributed by atoms with E-state index in [2.05, 4.69) is 23.8 Å². The van der Waals surface area contributed by atoms with Gasteiger partial charge in [0.25, 0.3) is 5.56 Å². The van der Waals surface area contributed by atoms with Crippen molar-refractivity contribution in [2.24, 2.45) is 5.92 Å². The second-order valence-electron chi connectivity index (χ2n) is 7.40. The first kappa shape index (κ1) is 20.9. The molecule has 2 aromatic rings. The molecule has 1 N–H and O–H groups in total. The summed E-state index contributed by atoms with van der Waals surface area (Å²) in [6, 6.07) is 5.26. The molecule has 1 saturated carbocycles. The fourth-order valence-corrected chi connectivity index (χ4v) is 4.69. The highest BCUT2D eigenvalue weighted by atomic mass is 35.5. The van der Waals surface area contributed by atoms with Gasteiger partial charge >= 0.3 is 0 Å². The molecule has 0 aliphatic heterocycles. The molecule has 28 heavy (non-hydrogen) atoms. The number of carbonyl (C=O) groups excluding carboxylic acids is 1. The lowest BCUT2D eigenvalue weighted by molar-refractivity contribution is -0.121. The molecule has 1 aliphatic carbocycles. The summed E-state index contributed by atoms with van der Waals surface area (Å²) in [5, 5.41) is 4.34. The molecule has 1 amide bonds. The lowest BCUT2D eigenvalue weighted by Crippen LogP contribution is -2.44. The molecule has 3 atom stereocenters. The molecule has 0 spiro atoms. The Morgan fingerprint density at radius 3 is 2.93 bits per heavy atom. The topological polar surface area (TPSA) is 64.0 Å². The summed E-state index contributed by atoms with van der Waals surface area (Å²) in [7, 11) is 0. The maximum absolute atomic E-state index is 12.9. The van der Waals surface area contributed by atoms with Crippen LogP contribution in [0, 0.1) is 5.92 Å². The molecule has 1 aromatic carbocycles. The van der Waals surface area contributed by atoms with Gasteiger partial charge in [0.05, 0.1) is 16.2 Å². The molecule has 1 fully saturated rings. The smallest absolute Gasteiger partial charge is 0.262 e. The number of nitrogens with zero attached hydrogens (tertiary/aromatic N) is 2. The van der Waals surface area contributed by atoms with Crippen LogP contribution in [0.15, 0.2) is 40.8 Å². The predicted molar refractivity (Wildman–Crippen MR) is 116 cm³/mol. The van der Waals surface area contributed by atoms with E-state index in [1.54, 1.807) is 28.8 Å². The number of aromatic nitrogens is 2. The number of hydrogen-bond acceptors (Lipinski definition) is 4. The van der Waals surface area contributed by atoms with Gasteiger partial charge < -0.3 is 5.32 Å². The minimum absolute atomic E-state index is 0.0191. The van der Waals surface area contributed by atoms with Crippen molar-refractivity contribution in [2.75, 3.05) is 0 Å². The van der Waals surface area contributed by atoms with Crippen molar-refractivity contribution in [3.8, 4) is 0 Å². The third-order valence-corrected chi connectivity index (χ3v) is 6.61. The Bertz CT molecular complexity index is 943. The second kappa shape index (κ2) is 9.14. The summed E-state index contributed by atoms with van der Waals surface area (Å²) >= 11 is 7.36. The van der Waals surface area contributed by atoms with Gasteiger partial charge in [0, 0.05) is 17.6 Å². The maximum atomic E-state index is 12.9. The minimum atomic E-state index is -0.367. The molecular weight excluding hydrogens is 394 g/mol. The first-order valence-electron chi connectivity index (χ1n) is 9.68. The van der Waals surface area contributed by atoms with Crippen molar-refractivity contribution >= 4 is 40.2 Å². The number of hydrogen-bond donors (Lipinski definition) is 1. The zero-order valence-electron chi connectivity index (χ0n) is 16.3. The van der Waals surface area contributed by atoms with Crippen LogP contribution in [0.1, 0.15) is 39.5 Å². The first-order chi connectivity index (χ1) is 13.4. The van der Waals surface area contributed by atoms with Crippen LogP contribution >= 0.6 is 23.4 Å². The number of nitrogens with one attached hydrogen (secondary N) is 1. The van der Waals surface area contributed by atoms with E-state index in [9.17, 15) is 9.59 Å². The molecule has 3 unspecified atom stereocenters. The van der Waals surface area contributed by atoms with Crippen LogP contribution in [0.2, 0.25) is 5.02 Å². The van der Waals surface area contributed by atoms with E-state index < -0.39 is 0 Å². The van der Waals surface area contributed by atoms with Gasteiger partial charge in [-0.25, -0.2) is 4.98 Å². The Morgan fingerprint density at radius 2 is 2.21 bits per heavy atom. The Balaban J connectivity index is 1.85. The Kier molecular flexibility index (Phi) is 6.83. The summed E-state index contributed by atoms with van der Waals surface area (Å²) < 4.78 is 1.56. The number of amides is 1. The Morgan fingerprint density at radius 1 is 1.46 bits per heavy atom. The molecule has 0 radical (unpaired) electrons. The van der Waals surface area contributed by atoms with Crippen molar-refractivity contribution in [1.29, 1.82) is 0 Å². The summed E-state index contributed by atoms with van der Waals surface area (Å²) in [4.78, 5) is 30.2. The summed E-state index contributed by atoms with van der Waals surface area (Å²) in [6.07, 6.45) is 6.22. The van der Waals surface area contributed by atoms with Crippen LogP contribution < -0.4 is 10.9 Å². The molecule has 0 saturated heterocycles. The van der Waals surface area contributed by atoms with Gasteiger partial charge in [0.1, 0.15) is 0 Å². The number of benzene rings is 1. The molecule has 1 aliphatic rings. The van der Waals surface area contributed by atoms with E-state index >= 15 is 0 Å². The normalized spacial score (nSPS) is 20.7. The van der Waals surface area contributed by atoms with Crippen LogP contribution in [0.4, 0.5) is 0 Å². The lowest BCUT2D eigenvalue weighted by atomic mass is 9.86. The number of halogens is 1. The largest absolute Gasteiger partial charge is 0.352 e. The Hall–Kier alpha value is -1.79. The van der Waals surface area contributed by atoms with E-state index in [0.29, 0.717) is 33.5 Å². The quantitative estimate of drug-likeness (QED) is 0.428. The zero-order chi connectivity index (χ0) is 20.3. The third-order valence-electron chi connectivity index (χ3n) is 5.28. The van der Waals surface area contributed by atoms with E-state index in [1.165, 1.54) is 18.2 Å². The maximum Gasteiger partial charge on any atom is 0.262 e. The molecule has 0 bridgehead atoms. The number of thioether (sulfide) groups is 1. The number of fused-ring (bicyclic) bond motifs is 1. The van der Waals surface area contributed by atoms with E-state index in [1.807, 2.05) is 6.92 Å². The highest BCUT2D eigenvalue weighted by Crippen LogP contribution is 2.27. The SMILES string of the molecule is C=CCn1c(SC(C)C(=O)NC2CCCCC2C)nc2cc(Cl)ccc2c1=O. The molecule has 5 nitrogen and oxygen atoms in total. The average Bonchev–Trinajstić information content (AvgIpc) is 2.66. The molecule has 1 aromatic heterocycles. The van der Waals surface area contributed by atoms with Gasteiger partial charge in [0.15, 0.2) is 5.16 Å². The second-order valence-corrected chi connectivity index (χ2v) is 9.14. The van der Waals surface area contributed by atoms with E-state index in [-0.39, 0.29) is 22.8 Å². The summed E-state index contributed by atoms with van der Waals surface area (Å²) in [5.41, 5.74) is 0.381. The van der Waals surface area contributed by atoms with E-state index in [4.69, 9.17) is 11.6 Å². The number of allylic oxidation sites excluding steroid dienone is 1. The fraction of sp³-hybridized carbons (Fsp3) is 0.476. The molecule has 1 heterocycles. The van der Waals surface area contributed by atoms with Gasteiger partial charge in [-0.1, -0.05) is 49.2 Å². The van der Waals surface area contributed by atoms with Gasteiger partial charge in [0.2, 0.25) is 5.91 Å². The fourth-order valence-electron chi connectivity index (χ4n) is 3.60. The summed E-state index contributed by atoms with van der Waals surface area (Å²) in [5.74, 6) is 0.476. The van der Waals surface area contributed by atoms with Crippen molar-refractivity contribution in [1.82, 2.24) is 14.9 Å². The van der Waals surface area contributed by atoms with Crippen LogP contribution in [0.5, 0.6) is 0 Å².